The van der Waals surface area contributed by atoms with Crippen LogP contribution in [-0.2, 0) is 6.61 Å². The molecule has 4 nitrogen and oxygen atoms in total. The van der Waals surface area contributed by atoms with E-state index in [-0.39, 0.29) is 6.61 Å². The van der Waals surface area contributed by atoms with E-state index in [9.17, 15) is 0 Å². The van der Waals surface area contributed by atoms with Gasteiger partial charge in [0.15, 0.2) is 4.34 Å². The van der Waals surface area contributed by atoms with E-state index in [0.29, 0.717) is 0 Å². The fourth-order valence-electron chi connectivity index (χ4n) is 0.974. The zero-order valence-corrected chi connectivity index (χ0v) is 9.68. The first-order chi connectivity index (χ1) is 7.28. The molecule has 0 aliphatic carbocycles. The van der Waals surface area contributed by atoms with Gasteiger partial charge in [-0.15, -0.1) is 10.2 Å². The lowest BCUT2D eigenvalue weighted by molar-refractivity contribution is 0.281. The van der Waals surface area contributed by atoms with Crippen LogP contribution in [-0.4, -0.2) is 20.3 Å². The Morgan fingerprint density at radius 3 is 2.80 bits per heavy atom. The van der Waals surface area contributed by atoms with Crippen molar-refractivity contribution in [2.24, 2.45) is 0 Å². The van der Waals surface area contributed by atoms with E-state index < -0.39 is 0 Å². The molecule has 2 heterocycles. The van der Waals surface area contributed by atoms with Crippen molar-refractivity contribution in [2.45, 2.75) is 22.9 Å². The van der Waals surface area contributed by atoms with Gasteiger partial charge in [-0.05, 0) is 30.3 Å². The molecule has 78 valence electrons. The van der Waals surface area contributed by atoms with Crippen LogP contribution in [0.1, 0.15) is 10.6 Å². The van der Waals surface area contributed by atoms with Gasteiger partial charge in [0.2, 0.25) is 0 Å². The lowest BCUT2D eigenvalue weighted by Crippen LogP contribution is -1.85. The van der Waals surface area contributed by atoms with Crippen LogP contribution in [0.25, 0.3) is 0 Å². The van der Waals surface area contributed by atoms with Crippen LogP contribution in [0.3, 0.4) is 0 Å². The van der Waals surface area contributed by atoms with E-state index in [2.05, 4.69) is 15.2 Å². The fraction of sp³-hybridized carbons (Fsp3) is 0.222. The standard InChI is InChI=1S/C9H9N3OS2/c1-6-11-12-9(14-6)15-8-3-2-7(5-13)4-10-8/h2-4,13H,5H2,1H3. The third kappa shape index (κ3) is 2.74. The van der Waals surface area contributed by atoms with Crippen molar-refractivity contribution in [2.75, 3.05) is 0 Å². The first kappa shape index (κ1) is 10.5. The van der Waals surface area contributed by atoms with Crippen LogP contribution in [0.5, 0.6) is 0 Å². The second kappa shape index (κ2) is 4.69. The van der Waals surface area contributed by atoms with Crippen molar-refractivity contribution >= 4 is 23.1 Å². The van der Waals surface area contributed by atoms with Gasteiger partial charge in [-0.1, -0.05) is 17.4 Å². The Morgan fingerprint density at radius 1 is 1.40 bits per heavy atom. The summed E-state index contributed by atoms with van der Waals surface area (Å²) in [4.78, 5) is 4.20. The molecule has 0 atom stereocenters. The number of aromatic nitrogens is 3. The smallest absolute Gasteiger partial charge is 0.180 e. The maximum atomic E-state index is 8.85. The van der Waals surface area contributed by atoms with Crippen molar-refractivity contribution < 1.29 is 5.11 Å². The first-order valence-corrected chi connectivity index (χ1v) is 5.95. The summed E-state index contributed by atoms with van der Waals surface area (Å²) in [6.45, 7) is 1.94. The molecule has 6 heteroatoms. The lowest BCUT2D eigenvalue weighted by atomic mass is 10.3. The maximum absolute atomic E-state index is 8.85. The van der Waals surface area contributed by atoms with Crippen molar-refractivity contribution in [1.82, 2.24) is 15.2 Å². The van der Waals surface area contributed by atoms with Gasteiger partial charge >= 0.3 is 0 Å². The lowest BCUT2D eigenvalue weighted by Gasteiger charge is -1.97. The van der Waals surface area contributed by atoms with Crippen LogP contribution in [0.15, 0.2) is 27.7 Å². The van der Waals surface area contributed by atoms with Crippen LogP contribution < -0.4 is 0 Å². The van der Waals surface area contributed by atoms with E-state index in [1.165, 1.54) is 11.8 Å². The second-order valence-electron chi connectivity index (χ2n) is 2.85. The van der Waals surface area contributed by atoms with Gasteiger partial charge < -0.3 is 5.11 Å². The summed E-state index contributed by atoms with van der Waals surface area (Å²) in [5.41, 5.74) is 0.813. The number of pyridine rings is 1. The second-order valence-corrected chi connectivity index (χ2v) is 5.30. The Bertz CT molecular complexity index is 441. The zero-order valence-electron chi connectivity index (χ0n) is 8.04. The fourth-order valence-corrected chi connectivity index (χ4v) is 2.68. The summed E-state index contributed by atoms with van der Waals surface area (Å²) in [7, 11) is 0. The van der Waals surface area contributed by atoms with Crippen LogP contribution in [0, 0.1) is 6.92 Å². The number of nitrogens with zero attached hydrogens (tertiary/aromatic N) is 3. The summed E-state index contributed by atoms with van der Waals surface area (Å²) in [6, 6.07) is 3.72. The van der Waals surface area contributed by atoms with Gasteiger partial charge in [0, 0.05) is 6.20 Å². The Hall–Kier alpha value is -0.980. The summed E-state index contributed by atoms with van der Waals surface area (Å²) in [6.07, 6.45) is 1.66. The Labute approximate surface area is 95.4 Å². The third-order valence-corrected chi connectivity index (χ3v) is 3.52. The predicted molar refractivity (Wildman–Crippen MR) is 58.9 cm³/mol. The monoisotopic (exact) mass is 239 g/mol. The number of aliphatic hydroxyl groups is 1. The quantitative estimate of drug-likeness (QED) is 0.886. The van der Waals surface area contributed by atoms with E-state index in [4.69, 9.17) is 5.11 Å². The largest absolute Gasteiger partial charge is 0.392 e. The molecule has 0 saturated carbocycles. The number of aliphatic hydroxyl groups excluding tert-OH is 1. The molecule has 2 aromatic rings. The molecule has 2 aromatic heterocycles. The minimum Gasteiger partial charge on any atom is -0.392 e. The van der Waals surface area contributed by atoms with Crippen LogP contribution in [0.4, 0.5) is 0 Å². The van der Waals surface area contributed by atoms with Gasteiger partial charge in [0.05, 0.1) is 6.61 Å². The Morgan fingerprint density at radius 2 is 2.27 bits per heavy atom. The molecule has 0 bridgehead atoms. The van der Waals surface area contributed by atoms with Gasteiger partial charge in [0.25, 0.3) is 0 Å². The topological polar surface area (TPSA) is 58.9 Å². The molecular formula is C9H9N3OS2. The normalized spacial score (nSPS) is 10.5. The average molecular weight is 239 g/mol. The van der Waals surface area contributed by atoms with E-state index in [0.717, 1.165) is 19.9 Å². The molecule has 0 spiro atoms. The highest BCUT2D eigenvalue weighted by molar-refractivity contribution is 8.01. The van der Waals surface area contributed by atoms with Gasteiger partial charge in [0.1, 0.15) is 10.0 Å². The van der Waals surface area contributed by atoms with Crippen LogP contribution >= 0.6 is 23.1 Å². The molecule has 2 rings (SSSR count). The molecule has 1 N–H and O–H groups in total. The van der Waals surface area contributed by atoms with Gasteiger partial charge in [-0.2, -0.15) is 0 Å². The van der Waals surface area contributed by atoms with Crippen molar-refractivity contribution in [1.29, 1.82) is 0 Å². The highest BCUT2D eigenvalue weighted by atomic mass is 32.2. The molecule has 0 saturated heterocycles. The predicted octanol–water partition coefficient (Wildman–Crippen LogP) is 1.89. The maximum Gasteiger partial charge on any atom is 0.180 e. The summed E-state index contributed by atoms with van der Waals surface area (Å²) in [5, 5.41) is 18.6. The van der Waals surface area contributed by atoms with Gasteiger partial charge in [-0.3, -0.25) is 0 Å². The molecule has 0 aliphatic heterocycles. The highest BCUT2D eigenvalue weighted by Crippen LogP contribution is 2.28. The molecule has 0 amide bonds. The first-order valence-electron chi connectivity index (χ1n) is 4.31. The molecule has 0 aromatic carbocycles. The Balaban J connectivity index is 2.11. The molecular weight excluding hydrogens is 230 g/mol. The van der Waals surface area contributed by atoms with Gasteiger partial charge in [-0.25, -0.2) is 4.98 Å². The van der Waals surface area contributed by atoms with E-state index >= 15 is 0 Å². The molecule has 0 unspecified atom stereocenters. The number of aryl methyl sites for hydroxylation is 1. The zero-order chi connectivity index (χ0) is 10.7. The summed E-state index contributed by atoms with van der Waals surface area (Å²) < 4.78 is 0.886. The molecule has 15 heavy (non-hydrogen) atoms. The van der Waals surface area contributed by atoms with Crippen LogP contribution in [0.2, 0.25) is 0 Å². The van der Waals surface area contributed by atoms with Crippen molar-refractivity contribution in [3.05, 3.63) is 28.9 Å². The molecule has 0 radical (unpaired) electrons. The third-order valence-electron chi connectivity index (χ3n) is 1.68. The van der Waals surface area contributed by atoms with Crippen molar-refractivity contribution in [3.63, 3.8) is 0 Å². The van der Waals surface area contributed by atoms with E-state index in [1.807, 2.05) is 19.1 Å². The minimum atomic E-state index is 0.0237. The number of hydrogen-bond acceptors (Lipinski definition) is 6. The number of rotatable bonds is 3. The Kier molecular flexibility index (Phi) is 3.30. The molecule has 0 fully saturated rings. The SMILES string of the molecule is Cc1nnc(Sc2ccc(CO)cn2)s1. The summed E-state index contributed by atoms with van der Waals surface area (Å²) in [5.74, 6) is 0. The van der Waals surface area contributed by atoms with E-state index in [1.54, 1.807) is 17.5 Å². The molecule has 0 aliphatic rings. The summed E-state index contributed by atoms with van der Waals surface area (Å²) >= 11 is 3.02. The van der Waals surface area contributed by atoms with Crippen molar-refractivity contribution in [3.8, 4) is 0 Å². The highest BCUT2D eigenvalue weighted by Gasteiger charge is 2.03. The minimum absolute atomic E-state index is 0.0237. The average Bonchev–Trinajstić information content (AvgIpc) is 2.65. The number of hydrogen-bond donors (Lipinski definition) is 1.